The molecule has 332 valence electrons. The molecule has 0 spiro atoms. The SMILES string of the molecule is COc1cccc(OC)c1-c1c2nc(c(N(c3ccccc3)c3ccccc3)c3ccc([nH]3)c(-c3c(OC)cccc3OC)c3nc(c(C#Cc4ccc(C(=O)O)cc4)c4ccc1[nH]4)C=C3)C=C2. The van der Waals surface area contributed by atoms with Crippen molar-refractivity contribution < 1.29 is 28.8 Å². The number of nitrogens with one attached hydrogen (secondary N) is 2. The topological polar surface area (TPSA) is 135 Å². The zero-order valence-electron chi connectivity index (χ0n) is 37.5. The van der Waals surface area contributed by atoms with Gasteiger partial charge in [-0.05, 0) is 121 Å². The van der Waals surface area contributed by atoms with Crippen LogP contribution in [0.3, 0.4) is 0 Å². The summed E-state index contributed by atoms with van der Waals surface area (Å²) in [5.74, 6) is 8.03. The van der Waals surface area contributed by atoms with Crippen molar-refractivity contribution in [2.45, 2.75) is 0 Å². The molecule has 0 unspecified atom stereocenters. The zero-order valence-corrected chi connectivity index (χ0v) is 37.5. The van der Waals surface area contributed by atoms with Crippen molar-refractivity contribution in [3.8, 4) is 57.1 Å². The second-order valence-electron chi connectivity index (χ2n) is 15.7. The predicted octanol–water partition coefficient (Wildman–Crippen LogP) is 12.6. The van der Waals surface area contributed by atoms with E-state index in [0.29, 0.717) is 79.1 Å². The number of aromatic amines is 2. The molecule has 2 aliphatic rings. The Morgan fingerprint density at radius 1 is 0.471 bits per heavy atom. The maximum atomic E-state index is 11.7. The Morgan fingerprint density at radius 2 is 0.912 bits per heavy atom. The lowest BCUT2D eigenvalue weighted by Crippen LogP contribution is -2.11. The third-order valence-corrected chi connectivity index (χ3v) is 11.8. The van der Waals surface area contributed by atoms with Crippen LogP contribution < -0.4 is 23.8 Å². The van der Waals surface area contributed by atoms with Crippen molar-refractivity contribution in [2.24, 2.45) is 0 Å². The minimum absolute atomic E-state index is 0.170. The lowest BCUT2D eigenvalue weighted by atomic mass is 10.0. The first-order valence-electron chi connectivity index (χ1n) is 21.7. The van der Waals surface area contributed by atoms with Crippen LogP contribution in [-0.2, 0) is 0 Å². The summed E-state index contributed by atoms with van der Waals surface area (Å²) in [7, 11) is 6.55. The smallest absolute Gasteiger partial charge is 0.335 e. The Balaban J connectivity index is 1.40. The van der Waals surface area contributed by atoms with Gasteiger partial charge in [0.15, 0.2) is 0 Å². The fourth-order valence-corrected chi connectivity index (χ4v) is 8.67. The Hall–Kier alpha value is -9.27. The number of carboxylic acids is 1. The number of nitrogens with zero attached hydrogens (tertiary/aromatic N) is 3. The van der Waals surface area contributed by atoms with Crippen LogP contribution in [0.25, 0.3) is 68.6 Å². The van der Waals surface area contributed by atoms with Crippen LogP contribution in [0.15, 0.2) is 146 Å². The van der Waals surface area contributed by atoms with Crippen molar-refractivity contribution in [1.29, 1.82) is 0 Å². The molecule has 3 aromatic heterocycles. The van der Waals surface area contributed by atoms with E-state index in [0.717, 1.165) is 39.2 Å². The molecule has 5 aromatic carbocycles. The van der Waals surface area contributed by atoms with E-state index in [-0.39, 0.29) is 5.56 Å². The summed E-state index contributed by atoms with van der Waals surface area (Å²) >= 11 is 0. The third-order valence-electron chi connectivity index (χ3n) is 11.8. The van der Waals surface area contributed by atoms with Gasteiger partial charge in [-0.15, -0.1) is 0 Å². The Labute approximate surface area is 392 Å². The molecule has 10 rings (SSSR count). The van der Waals surface area contributed by atoms with Crippen LogP contribution in [0.5, 0.6) is 23.0 Å². The summed E-state index contributed by atoms with van der Waals surface area (Å²) in [6.07, 6.45) is 7.96. The monoisotopic (exact) mass is 893 g/mol. The van der Waals surface area contributed by atoms with Crippen LogP contribution in [0, 0.1) is 11.8 Å². The summed E-state index contributed by atoms with van der Waals surface area (Å²) in [5, 5.41) is 9.57. The number of para-hydroxylation sites is 2. The van der Waals surface area contributed by atoms with Crippen LogP contribution >= 0.6 is 0 Å². The average Bonchev–Trinajstić information content (AvgIpc) is 4.24. The first-order valence-corrected chi connectivity index (χ1v) is 21.7. The van der Waals surface area contributed by atoms with Crippen LogP contribution in [0.1, 0.15) is 44.3 Å². The summed E-state index contributed by atoms with van der Waals surface area (Å²) in [6.45, 7) is 0. The highest BCUT2D eigenvalue weighted by Crippen LogP contribution is 2.47. The molecule has 3 N–H and O–H groups in total. The van der Waals surface area contributed by atoms with Crippen LogP contribution in [-0.4, -0.2) is 59.5 Å². The molecule has 5 heterocycles. The Morgan fingerprint density at radius 3 is 1.41 bits per heavy atom. The highest BCUT2D eigenvalue weighted by atomic mass is 16.5. The van der Waals surface area contributed by atoms with E-state index in [1.807, 2.05) is 115 Å². The van der Waals surface area contributed by atoms with Crippen molar-refractivity contribution >= 4 is 69.4 Å². The molecule has 0 amide bonds. The largest absolute Gasteiger partial charge is 0.496 e. The molecule has 11 heteroatoms. The first-order chi connectivity index (χ1) is 33.4. The highest BCUT2D eigenvalue weighted by molar-refractivity contribution is 6.01. The maximum Gasteiger partial charge on any atom is 0.335 e. The van der Waals surface area contributed by atoms with Gasteiger partial charge in [0, 0.05) is 39.1 Å². The number of carboxylic acid groups (broad SMARTS) is 1. The first kappa shape index (κ1) is 42.7. The lowest BCUT2D eigenvalue weighted by Gasteiger charge is -2.26. The fraction of sp³-hybridized carbons (Fsp3) is 0.0702. The van der Waals surface area contributed by atoms with E-state index in [1.54, 1.807) is 52.7 Å². The molecule has 0 fully saturated rings. The van der Waals surface area contributed by atoms with Gasteiger partial charge in [-0.1, -0.05) is 60.4 Å². The number of benzene rings is 5. The molecule has 8 bridgehead atoms. The summed E-state index contributed by atoms with van der Waals surface area (Å²) < 4.78 is 24.2. The average molecular weight is 894 g/mol. The van der Waals surface area contributed by atoms with Crippen molar-refractivity contribution in [1.82, 2.24) is 19.9 Å². The number of aromatic carboxylic acids is 1. The van der Waals surface area contributed by atoms with Crippen molar-refractivity contribution in [2.75, 3.05) is 33.3 Å². The molecule has 8 aromatic rings. The number of H-pyrrole nitrogens is 2. The molecular formula is C57H43N5O6. The Bertz CT molecular complexity index is 3410. The molecule has 0 aliphatic carbocycles. The molecular weight excluding hydrogens is 851 g/mol. The predicted molar refractivity (Wildman–Crippen MR) is 270 cm³/mol. The van der Waals surface area contributed by atoms with Crippen molar-refractivity contribution in [3.05, 3.63) is 185 Å². The van der Waals surface area contributed by atoms with E-state index in [2.05, 4.69) is 57.0 Å². The number of methoxy groups -OCH3 is 4. The van der Waals surface area contributed by atoms with Gasteiger partial charge in [-0.25, -0.2) is 14.8 Å². The number of ether oxygens (including phenoxy) is 4. The quantitative estimate of drug-likeness (QED) is 0.115. The lowest BCUT2D eigenvalue weighted by molar-refractivity contribution is 0.0697. The van der Waals surface area contributed by atoms with E-state index in [1.165, 1.54) is 0 Å². The summed E-state index contributed by atoms with van der Waals surface area (Å²) in [4.78, 5) is 32.3. The van der Waals surface area contributed by atoms with Gasteiger partial charge in [-0.2, -0.15) is 0 Å². The van der Waals surface area contributed by atoms with Gasteiger partial charge in [0.1, 0.15) is 23.0 Å². The van der Waals surface area contributed by atoms with E-state index in [9.17, 15) is 9.90 Å². The summed E-state index contributed by atoms with van der Waals surface area (Å²) in [6, 6.07) is 46.4. The molecule has 68 heavy (non-hydrogen) atoms. The number of hydrogen-bond donors (Lipinski definition) is 3. The maximum absolute atomic E-state index is 11.7. The second kappa shape index (κ2) is 18.3. The minimum Gasteiger partial charge on any atom is -0.496 e. The van der Waals surface area contributed by atoms with Gasteiger partial charge < -0.3 is 38.9 Å². The van der Waals surface area contributed by atoms with Gasteiger partial charge in [-0.3, -0.25) is 0 Å². The molecule has 0 saturated heterocycles. The van der Waals surface area contributed by atoms with E-state index >= 15 is 0 Å². The van der Waals surface area contributed by atoms with Crippen molar-refractivity contribution in [3.63, 3.8) is 0 Å². The van der Waals surface area contributed by atoms with E-state index < -0.39 is 5.97 Å². The standard InChI is InChI=1S/C57H43N5O6/c1-65-48-17-11-18-49(66-2)54(48)52-42-29-27-40(58-42)39(26-23-35-21-24-36(25-22-35)57(63)64)41-28-30-43(59-41)53(55-50(67-3)19-12-20-51(55)68-4)45-32-34-47(61-45)56(46-33-31-44(52)60-46)62(37-13-7-5-8-14-37)38-15-9-6-10-16-38/h5-22,24-25,27-34,58,61H,1-4H3,(H,63,64). The van der Waals surface area contributed by atoms with Crippen LogP contribution in [0.4, 0.5) is 17.1 Å². The second-order valence-corrected chi connectivity index (χ2v) is 15.7. The molecule has 0 atom stereocenters. The number of anilines is 3. The highest BCUT2D eigenvalue weighted by Gasteiger charge is 2.25. The fourth-order valence-electron chi connectivity index (χ4n) is 8.67. The molecule has 0 saturated carbocycles. The third kappa shape index (κ3) is 7.86. The molecule has 11 nitrogen and oxygen atoms in total. The van der Waals surface area contributed by atoms with Gasteiger partial charge in [0.2, 0.25) is 0 Å². The summed E-state index contributed by atoms with van der Waals surface area (Å²) in [5.41, 5.74) is 12.3. The van der Waals surface area contributed by atoms with Gasteiger partial charge >= 0.3 is 5.97 Å². The minimum atomic E-state index is -1.01. The number of hydrogen-bond acceptors (Lipinski definition) is 8. The Kier molecular flexibility index (Phi) is 11.5. The normalized spacial score (nSPS) is 11.4. The zero-order chi connectivity index (χ0) is 46.7. The number of rotatable bonds is 10. The van der Waals surface area contributed by atoms with Gasteiger partial charge in [0.05, 0.1) is 90.2 Å². The van der Waals surface area contributed by atoms with Crippen LogP contribution in [0.2, 0.25) is 0 Å². The number of carbonyl (C=O) groups is 1. The molecule has 0 radical (unpaired) electrons. The van der Waals surface area contributed by atoms with Gasteiger partial charge in [0.25, 0.3) is 0 Å². The van der Waals surface area contributed by atoms with E-state index in [4.69, 9.17) is 28.9 Å². The number of fused-ring (bicyclic) bond motifs is 8. The number of aromatic nitrogens is 4. The molecule has 2 aliphatic heterocycles.